The molecular formula is C22H24N2O6. The van der Waals surface area contributed by atoms with E-state index in [1.807, 2.05) is 6.92 Å². The predicted molar refractivity (Wildman–Crippen MR) is 111 cm³/mol. The zero-order valence-corrected chi connectivity index (χ0v) is 17.1. The van der Waals surface area contributed by atoms with Gasteiger partial charge in [0.2, 0.25) is 5.91 Å². The van der Waals surface area contributed by atoms with Gasteiger partial charge in [-0.25, -0.2) is 4.79 Å². The summed E-state index contributed by atoms with van der Waals surface area (Å²) in [6.45, 7) is 3.62. The molecular weight excluding hydrogens is 388 g/mol. The van der Waals surface area contributed by atoms with Crippen molar-refractivity contribution in [2.45, 2.75) is 26.3 Å². The van der Waals surface area contributed by atoms with Gasteiger partial charge >= 0.3 is 5.97 Å². The molecule has 1 N–H and O–H groups in total. The molecule has 2 aromatic rings. The lowest BCUT2D eigenvalue weighted by atomic mass is 10.1. The predicted octanol–water partition coefficient (Wildman–Crippen LogP) is 3.01. The lowest BCUT2D eigenvalue weighted by Gasteiger charge is -2.27. The molecule has 8 heteroatoms. The summed E-state index contributed by atoms with van der Waals surface area (Å²) in [7, 11) is 1.48. The number of carbonyl (C=O) groups is 3. The second-order valence-corrected chi connectivity index (χ2v) is 6.76. The van der Waals surface area contributed by atoms with E-state index in [0.29, 0.717) is 29.5 Å². The van der Waals surface area contributed by atoms with Crippen molar-refractivity contribution >= 4 is 29.2 Å². The number of hydrogen-bond donors (Lipinski definition) is 1. The first-order valence-electron chi connectivity index (χ1n) is 9.63. The van der Waals surface area contributed by atoms with Gasteiger partial charge in [-0.15, -0.1) is 0 Å². The lowest BCUT2D eigenvalue weighted by Crippen LogP contribution is -2.41. The van der Waals surface area contributed by atoms with Crippen molar-refractivity contribution in [3.05, 3.63) is 48.0 Å². The molecule has 0 saturated carbocycles. The summed E-state index contributed by atoms with van der Waals surface area (Å²) >= 11 is 0. The Hall–Kier alpha value is -3.55. The number of hydrogen-bond acceptors (Lipinski definition) is 6. The van der Waals surface area contributed by atoms with Crippen LogP contribution in [0.4, 0.5) is 11.4 Å². The number of ether oxygens (including phenoxy) is 3. The summed E-state index contributed by atoms with van der Waals surface area (Å²) in [5.41, 5.74) is 1.35. The maximum Gasteiger partial charge on any atom is 0.338 e. The van der Waals surface area contributed by atoms with E-state index >= 15 is 0 Å². The lowest BCUT2D eigenvalue weighted by molar-refractivity contribution is -0.122. The van der Waals surface area contributed by atoms with Gasteiger partial charge in [0.15, 0.2) is 18.1 Å². The quantitative estimate of drug-likeness (QED) is 0.733. The van der Waals surface area contributed by atoms with Crippen LogP contribution in [0.15, 0.2) is 42.5 Å². The van der Waals surface area contributed by atoms with E-state index in [-0.39, 0.29) is 23.9 Å². The normalized spacial score (nSPS) is 15.5. The van der Waals surface area contributed by atoms with Gasteiger partial charge in [0, 0.05) is 12.5 Å². The van der Waals surface area contributed by atoms with Gasteiger partial charge in [-0.05, 0) is 44.2 Å². The number of rotatable bonds is 6. The number of nitrogens with zero attached hydrogens (tertiary/aromatic N) is 1. The van der Waals surface area contributed by atoms with Gasteiger partial charge < -0.3 is 24.4 Å². The van der Waals surface area contributed by atoms with Crippen molar-refractivity contribution in [3.8, 4) is 11.5 Å². The average molecular weight is 412 g/mol. The van der Waals surface area contributed by atoms with Crippen molar-refractivity contribution in [2.24, 2.45) is 0 Å². The number of fused-ring (bicyclic) bond motifs is 1. The number of amides is 2. The van der Waals surface area contributed by atoms with Crippen molar-refractivity contribution in [1.82, 2.24) is 0 Å². The SMILES string of the molecule is CCOc1ccc(C(=O)OCC(=O)N2c3ccccc3NC(=O)C[C@H]2C)cc1OC. The smallest absolute Gasteiger partial charge is 0.338 e. The Bertz CT molecular complexity index is 958. The van der Waals surface area contributed by atoms with Gasteiger partial charge in [0.05, 0.1) is 30.7 Å². The van der Waals surface area contributed by atoms with E-state index in [4.69, 9.17) is 14.2 Å². The Labute approximate surface area is 174 Å². The van der Waals surface area contributed by atoms with Gasteiger partial charge in [-0.1, -0.05) is 12.1 Å². The van der Waals surface area contributed by atoms with Gasteiger partial charge in [-0.2, -0.15) is 0 Å². The van der Waals surface area contributed by atoms with Crippen LogP contribution in [0.5, 0.6) is 11.5 Å². The van der Waals surface area contributed by atoms with Gasteiger partial charge in [0.1, 0.15) is 0 Å². The molecule has 30 heavy (non-hydrogen) atoms. The third kappa shape index (κ3) is 4.53. The highest BCUT2D eigenvalue weighted by Crippen LogP contribution is 2.31. The molecule has 8 nitrogen and oxygen atoms in total. The maximum absolute atomic E-state index is 12.9. The molecule has 3 rings (SSSR count). The van der Waals surface area contributed by atoms with Crippen molar-refractivity contribution in [3.63, 3.8) is 0 Å². The zero-order chi connectivity index (χ0) is 21.7. The van der Waals surface area contributed by atoms with Crippen molar-refractivity contribution in [2.75, 3.05) is 30.5 Å². The van der Waals surface area contributed by atoms with Crippen LogP contribution in [-0.2, 0) is 14.3 Å². The summed E-state index contributed by atoms with van der Waals surface area (Å²) < 4.78 is 15.9. The number of methoxy groups -OCH3 is 1. The fourth-order valence-electron chi connectivity index (χ4n) is 3.32. The molecule has 0 bridgehead atoms. The second kappa shape index (κ2) is 9.30. The van der Waals surface area contributed by atoms with Crippen LogP contribution in [-0.4, -0.2) is 44.1 Å². The summed E-state index contributed by atoms with van der Waals surface area (Å²) in [4.78, 5) is 38.9. The largest absolute Gasteiger partial charge is 0.493 e. The number of nitrogens with one attached hydrogen (secondary N) is 1. The molecule has 2 aromatic carbocycles. The standard InChI is InChI=1S/C22H24N2O6/c1-4-29-18-10-9-15(12-19(18)28-3)22(27)30-13-21(26)24-14(2)11-20(25)23-16-7-5-6-8-17(16)24/h5-10,12,14H,4,11,13H2,1-3H3,(H,23,25)/t14-/m1/s1. The summed E-state index contributed by atoms with van der Waals surface area (Å²) in [6.07, 6.45) is 0.143. The van der Waals surface area contributed by atoms with Crippen LogP contribution in [0, 0.1) is 0 Å². The number of para-hydroxylation sites is 2. The Morgan fingerprint density at radius 2 is 1.93 bits per heavy atom. The van der Waals surface area contributed by atoms with Crippen LogP contribution in [0.1, 0.15) is 30.6 Å². The molecule has 2 amide bonds. The number of benzene rings is 2. The highest BCUT2D eigenvalue weighted by Gasteiger charge is 2.30. The number of carbonyl (C=O) groups excluding carboxylic acids is 3. The zero-order valence-electron chi connectivity index (χ0n) is 17.1. The highest BCUT2D eigenvalue weighted by molar-refractivity contribution is 6.05. The van der Waals surface area contributed by atoms with Gasteiger partial charge in [-0.3, -0.25) is 9.59 Å². The molecule has 1 atom stereocenters. The molecule has 1 aliphatic heterocycles. The van der Waals surface area contributed by atoms with E-state index in [2.05, 4.69) is 5.32 Å². The van der Waals surface area contributed by atoms with Gasteiger partial charge in [0.25, 0.3) is 5.91 Å². The van der Waals surface area contributed by atoms with Crippen molar-refractivity contribution < 1.29 is 28.6 Å². The Morgan fingerprint density at radius 1 is 1.17 bits per heavy atom. The average Bonchev–Trinajstić information content (AvgIpc) is 2.86. The Balaban J connectivity index is 1.73. The third-order valence-electron chi connectivity index (χ3n) is 4.65. The first-order chi connectivity index (χ1) is 14.4. The van der Waals surface area contributed by atoms with Crippen LogP contribution in [0.2, 0.25) is 0 Å². The topological polar surface area (TPSA) is 94.2 Å². The number of anilines is 2. The second-order valence-electron chi connectivity index (χ2n) is 6.76. The molecule has 0 radical (unpaired) electrons. The molecule has 0 spiro atoms. The number of esters is 1. The molecule has 1 heterocycles. The first kappa shape index (κ1) is 21.2. The van der Waals surface area contributed by atoms with E-state index in [1.54, 1.807) is 43.3 Å². The van der Waals surface area contributed by atoms with Crippen molar-refractivity contribution in [1.29, 1.82) is 0 Å². The maximum atomic E-state index is 12.9. The molecule has 0 aromatic heterocycles. The van der Waals surface area contributed by atoms with E-state index in [9.17, 15) is 14.4 Å². The minimum Gasteiger partial charge on any atom is -0.493 e. The summed E-state index contributed by atoms with van der Waals surface area (Å²) in [6, 6.07) is 11.3. The van der Waals surface area contributed by atoms with E-state index < -0.39 is 18.5 Å². The Kier molecular flexibility index (Phi) is 6.56. The summed E-state index contributed by atoms with van der Waals surface area (Å²) in [5.74, 6) is -0.340. The molecule has 0 aliphatic carbocycles. The monoisotopic (exact) mass is 412 g/mol. The van der Waals surface area contributed by atoms with E-state index in [1.165, 1.54) is 18.1 Å². The van der Waals surface area contributed by atoms with Crippen LogP contribution < -0.4 is 19.7 Å². The molecule has 0 unspecified atom stereocenters. The summed E-state index contributed by atoms with van der Waals surface area (Å²) in [5, 5.41) is 2.79. The van der Waals surface area contributed by atoms with Crippen LogP contribution >= 0.6 is 0 Å². The fourth-order valence-corrected chi connectivity index (χ4v) is 3.32. The molecule has 0 saturated heterocycles. The minimum absolute atomic E-state index is 0.143. The highest BCUT2D eigenvalue weighted by atomic mass is 16.5. The van der Waals surface area contributed by atoms with E-state index in [0.717, 1.165) is 0 Å². The van der Waals surface area contributed by atoms with Crippen LogP contribution in [0.3, 0.4) is 0 Å². The Morgan fingerprint density at radius 3 is 2.67 bits per heavy atom. The van der Waals surface area contributed by atoms with Crippen LogP contribution in [0.25, 0.3) is 0 Å². The molecule has 158 valence electrons. The fraction of sp³-hybridized carbons (Fsp3) is 0.318. The molecule has 1 aliphatic rings. The minimum atomic E-state index is -0.658. The molecule has 0 fully saturated rings. The first-order valence-corrected chi connectivity index (χ1v) is 9.63. The third-order valence-corrected chi connectivity index (χ3v) is 4.65.